The highest BCUT2D eigenvalue weighted by Gasteiger charge is 2.13. The van der Waals surface area contributed by atoms with Gasteiger partial charge in [0.05, 0.1) is 0 Å². The SMILES string of the molecule is CCCC[Si](OCCC)OCCC. The van der Waals surface area contributed by atoms with E-state index in [0.29, 0.717) is 0 Å². The van der Waals surface area contributed by atoms with Crippen molar-refractivity contribution in [2.45, 2.75) is 52.5 Å². The van der Waals surface area contributed by atoms with Crippen LogP contribution in [-0.2, 0) is 8.85 Å². The number of hydrogen-bond acceptors (Lipinski definition) is 2. The quantitative estimate of drug-likeness (QED) is 0.536. The van der Waals surface area contributed by atoms with Gasteiger partial charge >= 0.3 is 9.28 Å². The Morgan fingerprint density at radius 3 is 1.77 bits per heavy atom. The van der Waals surface area contributed by atoms with Gasteiger partial charge in [0.2, 0.25) is 0 Å². The molecule has 0 aliphatic carbocycles. The standard InChI is InChI=1S/C10H23O2Si/c1-4-7-10-13(11-8-5-2)12-9-6-3/h4-10H2,1-3H3. The van der Waals surface area contributed by atoms with Gasteiger partial charge in [-0.25, -0.2) is 0 Å². The van der Waals surface area contributed by atoms with Gasteiger partial charge in [-0.15, -0.1) is 0 Å². The number of unbranched alkanes of at least 4 members (excludes halogenated alkanes) is 1. The van der Waals surface area contributed by atoms with Gasteiger partial charge in [-0.2, -0.15) is 0 Å². The van der Waals surface area contributed by atoms with Gasteiger partial charge in [-0.05, 0) is 18.9 Å². The second kappa shape index (κ2) is 10.2. The second-order valence-electron chi connectivity index (χ2n) is 3.17. The Labute approximate surface area is 84.5 Å². The maximum Gasteiger partial charge on any atom is 0.384 e. The molecule has 0 N–H and O–H groups in total. The molecule has 0 bridgehead atoms. The summed E-state index contributed by atoms with van der Waals surface area (Å²) in [5, 5.41) is 0. The van der Waals surface area contributed by atoms with Gasteiger partial charge < -0.3 is 8.85 Å². The lowest BCUT2D eigenvalue weighted by atomic mass is 10.4. The summed E-state index contributed by atoms with van der Waals surface area (Å²) in [5.41, 5.74) is 0. The maximum absolute atomic E-state index is 5.68. The molecule has 2 nitrogen and oxygen atoms in total. The Morgan fingerprint density at radius 2 is 1.38 bits per heavy atom. The van der Waals surface area contributed by atoms with Gasteiger partial charge in [0.15, 0.2) is 0 Å². The molecular weight excluding hydrogens is 180 g/mol. The van der Waals surface area contributed by atoms with Crippen LogP contribution in [0.3, 0.4) is 0 Å². The van der Waals surface area contributed by atoms with E-state index >= 15 is 0 Å². The van der Waals surface area contributed by atoms with Crippen molar-refractivity contribution in [3.8, 4) is 0 Å². The fourth-order valence-corrected chi connectivity index (χ4v) is 2.82. The van der Waals surface area contributed by atoms with Crippen LogP contribution in [0.4, 0.5) is 0 Å². The summed E-state index contributed by atoms with van der Waals surface area (Å²) in [4.78, 5) is 0. The molecule has 0 aromatic rings. The third kappa shape index (κ3) is 8.47. The first kappa shape index (κ1) is 13.1. The molecule has 0 saturated carbocycles. The van der Waals surface area contributed by atoms with Crippen LogP contribution in [0, 0.1) is 0 Å². The van der Waals surface area contributed by atoms with Gasteiger partial charge in [-0.3, -0.25) is 0 Å². The molecule has 0 aliphatic heterocycles. The fraction of sp³-hybridized carbons (Fsp3) is 1.00. The third-order valence-electron chi connectivity index (χ3n) is 1.67. The normalized spacial score (nSPS) is 11.1. The van der Waals surface area contributed by atoms with Crippen LogP contribution in [0.1, 0.15) is 46.5 Å². The number of hydrogen-bond donors (Lipinski definition) is 0. The van der Waals surface area contributed by atoms with Crippen molar-refractivity contribution in [1.29, 1.82) is 0 Å². The fourth-order valence-electron chi connectivity index (χ4n) is 0.939. The lowest BCUT2D eigenvalue weighted by Gasteiger charge is -2.13. The zero-order valence-electron chi connectivity index (χ0n) is 9.27. The molecule has 0 rings (SSSR count). The number of rotatable bonds is 9. The minimum atomic E-state index is -0.933. The van der Waals surface area contributed by atoms with Crippen LogP contribution >= 0.6 is 0 Å². The van der Waals surface area contributed by atoms with Crippen molar-refractivity contribution in [1.82, 2.24) is 0 Å². The zero-order valence-corrected chi connectivity index (χ0v) is 10.3. The summed E-state index contributed by atoms with van der Waals surface area (Å²) in [7, 11) is -0.933. The second-order valence-corrected chi connectivity index (χ2v) is 4.99. The van der Waals surface area contributed by atoms with E-state index in [1.54, 1.807) is 0 Å². The van der Waals surface area contributed by atoms with Crippen LogP contribution in [0.25, 0.3) is 0 Å². The monoisotopic (exact) mass is 203 g/mol. The molecule has 3 heteroatoms. The highest BCUT2D eigenvalue weighted by Crippen LogP contribution is 2.05. The van der Waals surface area contributed by atoms with Gasteiger partial charge in [0, 0.05) is 13.2 Å². The lowest BCUT2D eigenvalue weighted by molar-refractivity contribution is 0.196. The van der Waals surface area contributed by atoms with Crippen LogP contribution in [0.15, 0.2) is 0 Å². The topological polar surface area (TPSA) is 18.5 Å². The van der Waals surface area contributed by atoms with E-state index in [9.17, 15) is 0 Å². The highest BCUT2D eigenvalue weighted by molar-refractivity contribution is 6.44. The molecule has 0 atom stereocenters. The van der Waals surface area contributed by atoms with Crippen LogP contribution in [0.5, 0.6) is 0 Å². The molecular formula is C10H23O2Si. The molecule has 0 unspecified atom stereocenters. The Balaban J connectivity index is 3.47. The molecule has 0 aromatic heterocycles. The minimum Gasteiger partial charge on any atom is -0.393 e. The van der Waals surface area contributed by atoms with E-state index in [1.165, 1.54) is 12.8 Å². The summed E-state index contributed by atoms with van der Waals surface area (Å²) in [5.74, 6) is 0. The largest absolute Gasteiger partial charge is 0.393 e. The molecule has 1 radical (unpaired) electrons. The Bertz CT molecular complexity index is 79.9. The third-order valence-corrected chi connectivity index (χ3v) is 3.48. The van der Waals surface area contributed by atoms with Gasteiger partial charge in [-0.1, -0.05) is 33.6 Å². The van der Waals surface area contributed by atoms with Crippen LogP contribution in [-0.4, -0.2) is 22.5 Å². The molecule has 79 valence electrons. The Morgan fingerprint density at radius 1 is 0.846 bits per heavy atom. The molecule has 0 fully saturated rings. The van der Waals surface area contributed by atoms with Crippen molar-refractivity contribution in [2.75, 3.05) is 13.2 Å². The molecule has 0 amide bonds. The van der Waals surface area contributed by atoms with Crippen molar-refractivity contribution in [2.24, 2.45) is 0 Å². The first-order valence-electron chi connectivity index (χ1n) is 5.46. The van der Waals surface area contributed by atoms with Gasteiger partial charge in [0.1, 0.15) is 0 Å². The van der Waals surface area contributed by atoms with Gasteiger partial charge in [0.25, 0.3) is 0 Å². The average molecular weight is 203 g/mol. The van der Waals surface area contributed by atoms with E-state index in [1.807, 2.05) is 0 Å². The summed E-state index contributed by atoms with van der Waals surface area (Å²) in [6, 6.07) is 1.14. The zero-order chi connectivity index (χ0) is 9.94. The molecule has 0 aromatic carbocycles. The van der Waals surface area contributed by atoms with Crippen LogP contribution < -0.4 is 0 Å². The van der Waals surface area contributed by atoms with E-state index < -0.39 is 9.28 Å². The Hall–Kier alpha value is 0.137. The smallest absolute Gasteiger partial charge is 0.384 e. The predicted molar refractivity (Wildman–Crippen MR) is 58.0 cm³/mol. The Kier molecular flexibility index (Phi) is 10.3. The van der Waals surface area contributed by atoms with E-state index in [2.05, 4.69) is 20.8 Å². The summed E-state index contributed by atoms with van der Waals surface area (Å²) in [6.07, 6.45) is 4.66. The summed E-state index contributed by atoms with van der Waals surface area (Å²) in [6.45, 7) is 8.21. The van der Waals surface area contributed by atoms with Crippen LogP contribution in [0.2, 0.25) is 6.04 Å². The predicted octanol–water partition coefficient (Wildman–Crippen LogP) is 3.13. The van der Waals surface area contributed by atoms with Crippen molar-refractivity contribution >= 4 is 9.28 Å². The van der Waals surface area contributed by atoms with E-state index in [0.717, 1.165) is 32.1 Å². The molecule has 0 aliphatic rings. The lowest BCUT2D eigenvalue weighted by Crippen LogP contribution is -2.23. The molecule has 0 spiro atoms. The summed E-state index contributed by atoms with van der Waals surface area (Å²) < 4.78 is 11.4. The van der Waals surface area contributed by atoms with Crippen molar-refractivity contribution in [3.05, 3.63) is 0 Å². The maximum atomic E-state index is 5.68. The first-order valence-corrected chi connectivity index (χ1v) is 6.98. The highest BCUT2D eigenvalue weighted by atomic mass is 28.3. The van der Waals surface area contributed by atoms with E-state index in [4.69, 9.17) is 8.85 Å². The van der Waals surface area contributed by atoms with Crippen molar-refractivity contribution in [3.63, 3.8) is 0 Å². The van der Waals surface area contributed by atoms with Crippen molar-refractivity contribution < 1.29 is 8.85 Å². The van der Waals surface area contributed by atoms with E-state index in [-0.39, 0.29) is 0 Å². The minimum absolute atomic E-state index is 0.863. The molecule has 13 heavy (non-hydrogen) atoms. The molecule has 0 heterocycles. The average Bonchev–Trinajstić information content (AvgIpc) is 2.17. The summed E-state index contributed by atoms with van der Waals surface area (Å²) >= 11 is 0. The first-order chi connectivity index (χ1) is 6.35. The molecule has 0 saturated heterocycles.